The Morgan fingerprint density at radius 2 is 1.02 bits per heavy atom. The number of nitrogens with one attached hydrogen (secondary N) is 1. The monoisotopic (exact) mass is 726 g/mol. The fraction of sp³-hybridized carbons (Fsp3) is 0.778. The lowest BCUT2D eigenvalue weighted by atomic mass is 9.94. The highest BCUT2D eigenvalue weighted by atomic mass is 19.2. The molecule has 0 aliphatic carbocycles. The highest BCUT2D eigenvalue weighted by Gasteiger charge is 2.31. The zero-order valence-electron chi connectivity index (χ0n) is 29.6. The highest BCUT2D eigenvalue weighted by Crippen LogP contribution is 2.30. The minimum atomic E-state index is -2.37. The average molecular weight is 727 g/mol. The Balaban J connectivity index is 2.22. The second-order valence-electron chi connectivity index (χ2n) is 13.5. The number of carbonyl (C=O) groups excluding carboxylic acids is 2. The molecular weight excluding hydrogens is 667 g/mol. The molecule has 0 saturated heterocycles. The molecule has 14 heteroatoms. The maximum absolute atomic E-state index is 13.8. The molecule has 0 spiro atoms. The van der Waals surface area contributed by atoms with Crippen LogP contribution in [0.25, 0.3) is 0 Å². The molecule has 6 atom stereocenters. The summed E-state index contributed by atoms with van der Waals surface area (Å²) in [5.41, 5.74) is 5.54. The lowest BCUT2D eigenvalue weighted by molar-refractivity contribution is -0.142. The van der Waals surface area contributed by atoms with Crippen LogP contribution >= 0.6 is 0 Å². The molecular formula is C36H59F5N2O7. The van der Waals surface area contributed by atoms with Crippen molar-refractivity contribution in [2.45, 2.75) is 129 Å². The van der Waals surface area contributed by atoms with E-state index in [2.05, 4.69) is 10.1 Å². The SMILES string of the molecule is CC(C(=O)NCCCC(CO)CCCCCCC(O)C(C)C(=O)Oc1c(F)c(F)c(F)c(F)c1F)C(O)CCCCCCC(CO)CCCN. The molecule has 1 aromatic carbocycles. The van der Waals surface area contributed by atoms with Gasteiger partial charge in [0, 0.05) is 19.8 Å². The van der Waals surface area contributed by atoms with Gasteiger partial charge in [-0.25, -0.2) is 13.2 Å². The molecule has 0 radical (unpaired) electrons. The molecule has 0 heterocycles. The number of ether oxygens (including phenoxy) is 1. The predicted octanol–water partition coefficient (Wildman–Crippen LogP) is 5.82. The molecule has 0 aliphatic rings. The molecule has 50 heavy (non-hydrogen) atoms. The number of hydrogen-bond acceptors (Lipinski definition) is 8. The molecule has 290 valence electrons. The van der Waals surface area contributed by atoms with Crippen molar-refractivity contribution in [1.82, 2.24) is 5.32 Å². The minimum Gasteiger partial charge on any atom is -0.420 e. The van der Waals surface area contributed by atoms with E-state index in [1.807, 2.05) is 0 Å². The molecule has 7 N–H and O–H groups in total. The molecule has 6 unspecified atom stereocenters. The normalized spacial score (nSPS) is 15.3. The van der Waals surface area contributed by atoms with Gasteiger partial charge in [-0.05, 0) is 76.7 Å². The molecule has 0 saturated carbocycles. The number of halogens is 5. The smallest absolute Gasteiger partial charge is 0.316 e. The number of hydrogen-bond donors (Lipinski definition) is 6. The molecule has 1 aromatic rings. The van der Waals surface area contributed by atoms with Gasteiger partial charge in [-0.1, -0.05) is 58.3 Å². The van der Waals surface area contributed by atoms with Gasteiger partial charge >= 0.3 is 5.97 Å². The average Bonchev–Trinajstić information content (AvgIpc) is 3.11. The molecule has 0 aromatic heterocycles. The predicted molar refractivity (Wildman–Crippen MR) is 179 cm³/mol. The maximum atomic E-state index is 13.8. The van der Waals surface area contributed by atoms with Gasteiger partial charge in [-0.2, -0.15) is 8.78 Å². The number of nitrogens with two attached hydrogens (primary N) is 1. The number of unbranched alkanes of at least 4 members (excludes halogenated alkanes) is 6. The summed E-state index contributed by atoms with van der Waals surface area (Å²) in [5, 5.41) is 42.8. The number of carbonyl (C=O) groups is 2. The van der Waals surface area contributed by atoms with Gasteiger partial charge < -0.3 is 36.2 Å². The number of aliphatic hydroxyl groups is 4. The van der Waals surface area contributed by atoms with E-state index in [0.717, 1.165) is 64.2 Å². The maximum Gasteiger partial charge on any atom is 0.316 e. The zero-order chi connectivity index (χ0) is 37.6. The lowest BCUT2D eigenvalue weighted by Crippen LogP contribution is -2.36. The van der Waals surface area contributed by atoms with Crippen LogP contribution in [-0.4, -0.2) is 70.8 Å². The molecule has 0 fully saturated rings. The van der Waals surface area contributed by atoms with E-state index in [0.29, 0.717) is 51.1 Å². The van der Waals surface area contributed by atoms with E-state index in [1.54, 1.807) is 6.92 Å². The summed E-state index contributed by atoms with van der Waals surface area (Å²) in [6.45, 7) is 4.19. The van der Waals surface area contributed by atoms with Gasteiger partial charge in [0.15, 0.2) is 0 Å². The Morgan fingerprint density at radius 3 is 1.48 bits per heavy atom. The van der Waals surface area contributed by atoms with Crippen LogP contribution in [0.1, 0.15) is 117 Å². The van der Waals surface area contributed by atoms with Crippen molar-refractivity contribution in [3.63, 3.8) is 0 Å². The molecule has 9 nitrogen and oxygen atoms in total. The van der Waals surface area contributed by atoms with Crippen LogP contribution in [-0.2, 0) is 9.59 Å². The third kappa shape index (κ3) is 16.3. The zero-order valence-corrected chi connectivity index (χ0v) is 29.6. The van der Waals surface area contributed by atoms with Crippen LogP contribution in [0.4, 0.5) is 22.0 Å². The molecule has 1 amide bonds. The summed E-state index contributed by atoms with van der Waals surface area (Å²) in [5.74, 6) is -16.1. The molecule has 0 bridgehead atoms. The van der Waals surface area contributed by atoms with E-state index < -0.39 is 64.8 Å². The largest absolute Gasteiger partial charge is 0.420 e. The second kappa shape index (κ2) is 25.5. The number of rotatable bonds is 28. The Bertz CT molecular complexity index is 1100. The Labute approximate surface area is 293 Å². The first-order valence-corrected chi connectivity index (χ1v) is 18.1. The Kier molecular flexibility index (Phi) is 23.3. The van der Waals surface area contributed by atoms with Gasteiger partial charge in [0.1, 0.15) is 0 Å². The lowest BCUT2D eigenvalue weighted by Gasteiger charge is -2.19. The first-order chi connectivity index (χ1) is 23.8. The van der Waals surface area contributed by atoms with Crippen LogP contribution in [0.15, 0.2) is 0 Å². The summed E-state index contributed by atoms with van der Waals surface area (Å²) >= 11 is 0. The van der Waals surface area contributed by atoms with E-state index >= 15 is 0 Å². The van der Waals surface area contributed by atoms with Crippen molar-refractivity contribution < 1.29 is 56.7 Å². The highest BCUT2D eigenvalue weighted by molar-refractivity contribution is 5.78. The summed E-state index contributed by atoms with van der Waals surface area (Å²) in [6, 6.07) is 0. The van der Waals surface area contributed by atoms with Gasteiger partial charge in [-0.15, -0.1) is 0 Å². The van der Waals surface area contributed by atoms with Crippen molar-refractivity contribution in [2.24, 2.45) is 29.4 Å². The van der Waals surface area contributed by atoms with Crippen molar-refractivity contribution in [1.29, 1.82) is 0 Å². The quantitative estimate of drug-likeness (QED) is 0.0157. The van der Waals surface area contributed by atoms with E-state index in [4.69, 9.17) is 5.73 Å². The number of amides is 1. The standard InChI is InChI=1S/C36H59F5N2O7/c1-23(27(46)17-9-5-3-7-13-25(21-44)15-11-19-42)35(48)43-20-12-16-26(22-45)14-8-4-6-10-18-28(47)24(2)36(49)50-34-32(40)30(38)29(37)31(39)33(34)41/h23-28,44-47H,3-22,42H2,1-2H3,(H,43,48). The first kappa shape index (κ1) is 45.6. The fourth-order valence-corrected chi connectivity index (χ4v) is 5.80. The van der Waals surface area contributed by atoms with Crippen LogP contribution < -0.4 is 15.8 Å². The van der Waals surface area contributed by atoms with Gasteiger partial charge in [0.2, 0.25) is 40.7 Å². The summed E-state index contributed by atoms with van der Waals surface area (Å²) < 4.78 is 71.9. The third-order valence-corrected chi connectivity index (χ3v) is 9.46. The van der Waals surface area contributed by atoms with Gasteiger partial charge in [0.05, 0.1) is 24.0 Å². The Morgan fingerprint density at radius 1 is 0.620 bits per heavy atom. The first-order valence-electron chi connectivity index (χ1n) is 18.1. The van der Waals surface area contributed by atoms with Crippen molar-refractivity contribution in [3.05, 3.63) is 29.1 Å². The van der Waals surface area contributed by atoms with Crippen LogP contribution in [0.5, 0.6) is 5.75 Å². The minimum absolute atomic E-state index is 0.00119. The summed E-state index contributed by atoms with van der Waals surface area (Å²) in [7, 11) is 0. The van der Waals surface area contributed by atoms with Crippen LogP contribution in [0, 0.1) is 52.8 Å². The van der Waals surface area contributed by atoms with E-state index in [9.17, 15) is 52.0 Å². The Hall–Kier alpha value is -2.39. The number of esters is 1. The van der Waals surface area contributed by atoms with Crippen LogP contribution in [0.3, 0.4) is 0 Å². The third-order valence-electron chi connectivity index (χ3n) is 9.46. The number of benzene rings is 1. The van der Waals surface area contributed by atoms with Gasteiger partial charge in [-0.3, -0.25) is 9.59 Å². The molecule has 0 aliphatic heterocycles. The van der Waals surface area contributed by atoms with E-state index in [1.165, 1.54) is 6.92 Å². The van der Waals surface area contributed by atoms with Gasteiger partial charge in [0.25, 0.3) is 0 Å². The second-order valence-corrected chi connectivity index (χ2v) is 13.5. The van der Waals surface area contributed by atoms with Crippen LogP contribution in [0.2, 0.25) is 0 Å². The summed E-state index contributed by atoms with van der Waals surface area (Å²) in [4.78, 5) is 24.7. The van der Waals surface area contributed by atoms with E-state index in [-0.39, 0.29) is 31.5 Å². The topological polar surface area (TPSA) is 162 Å². The molecule has 1 rings (SSSR count). The van der Waals surface area contributed by atoms with Crippen molar-refractivity contribution in [2.75, 3.05) is 26.3 Å². The number of aliphatic hydroxyl groups excluding tert-OH is 4. The van der Waals surface area contributed by atoms with Crippen molar-refractivity contribution >= 4 is 11.9 Å². The van der Waals surface area contributed by atoms with Crippen molar-refractivity contribution in [3.8, 4) is 5.75 Å². The summed E-state index contributed by atoms with van der Waals surface area (Å²) in [6.07, 6.45) is 10.3. The fourth-order valence-electron chi connectivity index (χ4n) is 5.80.